The number of hydrogen-bond donors (Lipinski definition) is 3. The molecule has 0 aliphatic heterocycles. The van der Waals surface area contributed by atoms with E-state index in [1.165, 1.54) is 6.92 Å². The largest absolute Gasteiger partial charge is 0.480 e. The van der Waals surface area contributed by atoms with Crippen LogP contribution in [0.3, 0.4) is 0 Å². The fourth-order valence-electron chi connectivity index (χ4n) is 3.87. The summed E-state index contributed by atoms with van der Waals surface area (Å²) in [4.78, 5) is 36.0. The molecule has 3 rings (SSSR count). The molecule has 2 atom stereocenters. The maximum atomic E-state index is 12.3. The van der Waals surface area contributed by atoms with Crippen LogP contribution in [-0.2, 0) is 14.3 Å². The van der Waals surface area contributed by atoms with E-state index >= 15 is 0 Å². The van der Waals surface area contributed by atoms with E-state index in [1.807, 2.05) is 50.2 Å². The number of amides is 2. The second-order valence-electron chi connectivity index (χ2n) is 8.22. The molecule has 0 saturated heterocycles. The average Bonchev–Trinajstić information content (AvgIpc) is 3.05. The van der Waals surface area contributed by atoms with E-state index in [4.69, 9.17) is 4.74 Å². The van der Waals surface area contributed by atoms with Gasteiger partial charge in [0.25, 0.3) is 0 Å². The molecule has 3 N–H and O–H groups in total. The third-order valence-electron chi connectivity index (χ3n) is 5.39. The summed E-state index contributed by atoms with van der Waals surface area (Å²) in [5, 5.41) is 14.2. The number of carboxylic acids is 1. The minimum atomic E-state index is -1.10. The number of nitrogens with one attached hydrogen (secondary N) is 2. The zero-order valence-electron chi connectivity index (χ0n) is 17.9. The van der Waals surface area contributed by atoms with E-state index in [2.05, 4.69) is 22.8 Å². The number of fused-ring (bicyclic) bond motifs is 3. The highest BCUT2D eigenvalue weighted by Gasteiger charge is 2.30. The molecule has 0 bridgehead atoms. The molecule has 0 fully saturated rings. The van der Waals surface area contributed by atoms with E-state index in [1.54, 1.807) is 0 Å². The van der Waals surface area contributed by atoms with Crippen LogP contribution in [0.5, 0.6) is 0 Å². The number of carboxylic acid groups (broad SMARTS) is 1. The van der Waals surface area contributed by atoms with E-state index in [0.29, 0.717) is 6.42 Å². The van der Waals surface area contributed by atoms with Gasteiger partial charge in [-0.25, -0.2) is 9.59 Å². The second-order valence-corrected chi connectivity index (χ2v) is 8.22. The standard InChI is InChI=1S/C24H28N2O5/c1-14(2)12-21(23(28)29)26-22(27)15(3)25-24(30)31-13-20-18-10-6-4-8-16(18)17-9-5-7-11-19(17)20/h4-11,14-15,20-21H,12-13H2,1-3H3,(H,25,30)(H,26,27)(H,28,29)/t15-,21?/m1/s1. The smallest absolute Gasteiger partial charge is 0.407 e. The topological polar surface area (TPSA) is 105 Å². The molecule has 164 valence electrons. The van der Waals surface area contributed by atoms with Gasteiger partial charge in [0.1, 0.15) is 18.7 Å². The van der Waals surface area contributed by atoms with Gasteiger partial charge in [-0.2, -0.15) is 0 Å². The number of ether oxygens (including phenoxy) is 1. The molecule has 0 heterocycles. The monoisotopic (exact) mass is 424 g/mol. The highest BCUT2D eigenvalue weighted by atomic mass is 16.5. The van der Waals surface area contributed by atoms with Crippen molar-refractivity contribution >= 4 is 18.0 Å². The summed E-state index contributed by atoms with van der Waals surface area (Å²) in [6.45, 7) is 5.38. The van der Waals surface area contributed by atoms with E-state index in [-0.39, 0.29) is 18.4 Å². The molecule has 0 radical (unpaired) electrons. The Balaban J connectivity index is 1.58. The van der Waals surface area contributed by atoms with Gasteiger partial charge < -0.3 is 20.5 Å². The number of benzene rings is 2. The SMILES string of the molecule is CC(C)CC(NC(=O)[C@@H](C)NC(=O)OCC1c2ccccc2-c2ccccc21)C(=O)O. The van der Waals surface area contributed by atoms with Crippen LogP contribution in [0.15, 0.2) is 48.5 Å². The van der Waals surface area contributed by atoms with Crippen LogP contribution < -0.4 is 10.6 Å². The van der Waals surface area contributed by atoms with Crippen LogP contribution >= 0.6 is 0 Å². The zero-order chi connectivity index (χ0) is 22.5. The number of rotatable bonds is 8. The van der Waals surface area contributed by atoms with Gasteiger partial charge in [0.2, 0.25) is 5.91 Å². The maximum absolute atomic E-state index is 12.3. The Morgan fingerprint density at radius 3 is 2.00 bits per heavy atom. The third-order valence-corrected chi connectivity index (χ3v) is 5.39. The fourth-order valence-corrected chi connectivity index (χ4v) is 3.87. The number of hydrogen-bond acceptors (Lipinski definition) is 4. The molecule has 1 aliphatic carbocycles. The Hall–Kier alpha value is -3.35. The fraction of sp³-hybridized carbons (Fsp3) is 0.375. The minimum Gasteiger partial charge on any atom is -0.480 e. The summed E-state index contributed by atoms with van der Waals surface area (Å²) in [6, 6.07) is 14.1. The van der Waals surface area contributed by atoms with Crippen LogP contribution in [0.1, 0.15) is 44.2 Å². The van der Waals surface area contributed by atoms with Crippen molar-refractivity contribution < 1.29 is 24.2 Å². The maximum Gasteiger partial charge on any atom is 0.407 e. The highest BCUT2D eigenvalue weighted by Crippen LogP contribution is 2.44. The minimum absolute atomic E-state index is 0.0790. The molecule has 31 heavy (non-hydrogen) atoms. The van der Waals surface area contributed by atoms with E-state index in [9.17, 15) is 19.5 Å². The predicted octanol–water partition coefficient (Wildman–Crippen LogP) is 3.53. The lowest BCUT2D eigenvalue weighted by Gasteiger charge is -2.20. The molecular weight excluding hydrogens is 396 g/mol. The molecular formula is C24H28N2O5. The van der Waals surface area contributed by atoms with Crippen LogP contribution in [0.4, 0.5) is 4.79 Å². The Morgan fingerprint density at radius 2 is 1.48 bits per heavy atom. The second kappa shape index (κ2) is 9.64. The molecule has 2 amide bonds. The number of carbonyl (C=O) groups excluding carboxylic acids is 2. The van der Waals surface area contributed by atoms with Crippen molar-refractivity contribution in [3.63, 3.8) is 0 Å². The Labute approximate surface area is 181 Å². The number of carbonyl (C=O) groups is 3. The Bertz CT molecular complexity index is 926. The summed E-state index contributed by atoms with van der Waals surface area (Å²) >= 11 is 0. The first-order valence-electron chi connectivity index (χ1n) is 10.4. The molecule has 7 heteroatoms. The quantitative estimate of drug-likeness (QED) is 0.601. The van der Waals surface area contributed by atoms with Crippen LogP contribution in [-0.4, -0.2) is 41.8 Å². The average molecular weight is 424 g/mol. The molecule has 2 aromatic rings. The molecule has 1 aliphatic rings. The van der Waals surface area contributed by atoms with Gasteiger partial charge in [-0.15, -0.1) is 0 Å². The first kappa shape index (κ1) is 22.3. The van der Waals surface area contributed by atoms with Crippen molar-refractivity contribution in [3.8, 4) is 11.1 Å². The van der Waals surface area contributed by atoms with E-state index < -0.39 is 30.1 Å². The van der Waals surface area contributed by atoms with Crippen molar-refractivity contribution in [1.82, 2.24) is 10.6 Å². The van der Waals surface area contributed by atoms with Gasteiger partial charge in [-0.1, -0.05) is 62.4 Å². The van der Waals surface area contributed by atoms with Gasteiger partial charge in [0, 0.05) is 5.92 Å². The van der Waals surface area contributed by atoms with Gasteiger partial charge in [0.15, 0.2) is 0 Å². The zero-order valence-corrected chi connectivity index (χ0v) is 17.9. The van der Waals surface area contributed by atoms with Crippen molar-refractivity contribution in [2.75, 3.05) is 6.61 Å². The predicted molar refractivity (Wildman–Crippen MR) is 117 cm³/mol. The van der Waals surface area contributed by atoms with Gasteiger partial charge >= 0.3 is 12.1 Å². The van der Waals surface area contributed by atoms with Gasteiger partial charge in [-0.3, -0.25) is 4.79 Å². The first-order chi connectivity index (χ1) is 14.8. The molecule has 2 aromatic carbocycles. The third kappa shape index (κ3) is 5.23. The van der Waals surface area contributed by atoms with Crippen molar-refractivity contribution in [2.24, 2.45) is 5.92 Å². The van der Waals surface area contributed by atoms with Crippen LogP contribution in [0, 0.1) is 5.92 Å². The molecule has 0 aromatic heterocycles. The lowest BCUT2D eigenvalue weighted by atomic mass is 9.98. The summed E-state index contributed by atoms with van der Waals surface area (Å²) in [7, 11) is 0. The lowest BCUT2D eigenvalue weighted by Crippen LogP contribution is -2.50. The highest BCUT2D eigenvalue weighted by molar-refractivity contribution is 5.89. The number of alkyl carbamates (subject to hydrolysis) is 1. The summed E-state index contributed by atoms with van der Waals surface area (Å²) in [5.41, 5.74) is 4.45. The summed E-state index contributed by atoms with van der Waals surface area (Å²) in [5.74, 6) is -1.64. The number of aliphatic carboxylic acids is 1. The van der Waals surface area contributed by atoms with Crippen LogP contribution in [0.25, 0.3) is 11.1 Å². The molecule has 0 saturated carbocycles. The van der Waals surface area contributed by atoms with Gasteiger partial charge in [0.05, 0.1) is 0 Å². The summed E-state index contributed by atoms with van der Waals surface area (Å²) < 4.78 is 5.43. The van der Waals surface area contributed by atoms with Gasteiger partial charge in [-0.05, 0) is 41.5 Å². The molecule has 1 unspecified atom stereocenters. The normalized spacial score (nSPS) is 14.3. The van der Waals surface area contributed by atoms with Crippen LogP contribution in [0.2, 0.25) is 0 Å². The summed E-state index contributed by atoms with van der Waals surface area (Å²) in [6.07, 6.45) is -0.418. The first-order valence-corrected chi connectivity index (χ1v) is 10.4. The van der Waals surface area contributed by atoms with Crippen molar-refractivity contribution in [2.45, 2.75) is 45.2 Å². The van der Waals surface area contributed by atoms with Crippen molar-refractivity contribution in [1.29, 1.82) is 0 Å². The Kier molecular flexibility index (Phi) is 6.95. The Morgan fingerprint density at radius 1 is 0.935 bits per heavy atom. The molecule has 7 nitrogen and oxygen atoms in total. The lowest BCUT2D eigenvalue weighted by molar-refractivity contribution is -0.142. The van der Waals surface area contributed by atoms with E-state index in [0.717, 1.165) is 22.3 Å². The molecule has 0 spiro atoms. The van der Waals surface area contributed by atoms with Crippen molar-refractivity contribution in [3.05, 3.63) is 59.7 Å².